The summed E-state index contributed by atoms with van der Waals surface area (Å²) in [5, 5.41) is 3.67. The van der Waals surface area contributed by atoms with Crippen LogP contribution in [0.1, 0.15) is 54.3 Å². The van der Waals surface area contributed by atoms with Gasteiger partial charge in [0.2, 0.25) is 0 Å². The van der Waals surface area contributed by atoms with Crippen LogP contribution in [0.15, 0.2) is 10.6 Å². The molecule has 1 heterocycles. The highest BCUT2D eigenvalue weighted by Crippen LogP contribution is 2.32. The Morgan fingerprint density at radius 2 is 2.15 bits per heavy atom. The lowest BCUT2D eigenvalue weighted by atomic mass is 9.87. The molecule has 0 amide bonds. The van der Waals surface area contributed by atoms with Gasteiger partial charge in [0.1, 0.15) is 11.5 Å². The molecule has 70 valence electrons. The molecule has 3 heteroatoms. The van der Waals surface area contributed by atoms with Crippen molar-refractivity contribution in [3.63, 3.8) is 0 Å². The fourth-order valence-corrected chi connectivity index (χ4v) is 1.94. The van der Waals surface area contributed by atoms with E-state index in [1.807, 2.05) is 0 Å². The van der Waals surface area contributed by atoms with Crippen LogP contribution in [0, 0.1) is 0 Å². The Labute approximate surface area is 77.1 Å². The van der Waals surface area contributed by atoms with Crippen LogP contribution in [-0.2, 0) is 0 Å². The van der Waals surface area contributed by atoms with Crippen molar-refractivity contribution in [3.05, 3.63) is 17.5 Å². The largest absolute Gasteiger partial charge is 0.360 e. The maximum Gasteiger partial charge on any atom is 0.171 e. The van der Waals surface area contributed by atoms with Gasteiger partial charge in [-0.15, -0.1) is 0 Å². The molecular formula is C10H13NO2. The first-order chi connectivity index (χ1) is 6.40. The molecule has 1 aliphatic carbocycles. The van der Waals surface area contributed by atoms with Crippen molar-refractivity contribution in [2.75, 3.05) is 0 Å². The van der Waals surface area contributed by atoms with Crippen molar-refractivity contribution < 1.29 is 9.32 Å². The number of hydrogen-bond acceptors (Lipinski definition) is 3. The summed E-state index contributed by atoms with van der Waals surface area (Å²) in [5.74, 6) is 1.39. The molecule has 0 aromatic carbocycles. The van der Waals surface area contributed by atoms with E-state index in [0.717, 1.165) is 12.0 Å². The average Bonchev–Trinajstić information content (AvgIpc) is 2.67. The molecule has 1 aliphatic rings. The molecule has 0 bridgehead atoms. The molecule has 1 fully saturated rings. The smallest absolute Gasteiger partial charge is 0.171 e. The summed E-state index contributed by atoms with van der Waals surface area (Å²) in [7, 11) is 0. The Hall–Kier alpha value is -1.12. The highest BCUT2D eigenvalue weighted by molar-refractivity contribution is 5.71. The van der Waals surface area contributed by atoms with Gasteiger partial charge in [-0.2, -0.15) is 0 Å². The van der Waals surface area contributed by atoms with Gasteiger partial charge in [-0.3, -0.25) is 4.79 Å². The minimum Gasteiger partial charge on any atom is -0.360 e. The molecule has 0 aliphatic heterocycles. The molecule has 0 unspecified atom stereocenters. The molecule has 1 aromatic rings. The first kappa shape index (κ1) is 8.48. The Kier molecular flexibility index (Phi) is 2.43. The molecule has 3 nitrogen and oxygen atoms in total. The number of carbonyl (C=O) groups is 1. The molecule has 2 rings (SSSR count). The second-order valence-corrected chi connectivity index (χ2v) is 3.61. The van der Waals surface area contributed by atoms with E-state index in [-0.39, 0.29) is 0 Å². The summed E-state index contributed by atoms with van der Waals surface area (Å²) in [4.78, 5) is 10.4. The van der Waals surface area contributed by atoms with E-state index in [1.54, 1.807) is 6.07 Å². The molecule has 1 saturated carbocycles. The topological polar surface area (TPSA) is 43.1 Å². The van der Waals surface area contributed by atoms with E-state index < -0.39 is 0 Å². The third-order valence-corrected chi connectivity index (χ3v) is 2.67. The van der Waals surface area contributed by atoms with E-state index >= 15 is 0 Å². The first-order valence-corrected chi connectivity index (χ1v) is 4.82. The van der Waals surface area contributed by atoms with E-state index in [9.17, 15) is 4.79 Å². The van der Waals surface area contributed by atoms with Crippen molar-refractivity contribution in [1.82, 2.24) is 5.16 Å². The SMILES string of the molecule is O=Cc1cc(C2CCCCC2)on1. The lowest BCUT2D eigenvalue weighted by molar-refractivity contribution is 0.111. The lowest BCUT2D eigenvalue weighted by Crippen LogP contribution is -2.02. The molecule has 13 heavy (non-hydrogen) atoms. The number of carbonyl (C=O) groups excluding carboxylic acids is 1. The Bertz CT molecular complexity index is 287. The number of aldehydes is 1. The van der Waals surface area contributed by atoms with Gasteiger partial charge in [-0.25, -0.2) is 0 Å². The zero-order chi connectivity index (χ0) is 9.10. The zero-order valence-electron chi connectivity index (χ0n) is 7.53. The second-order valence-electron chi connectivity index (χ2n) is 3.61. The van der Waals surface area contributed by atoms with Gasteiger partial charge in [0, 0.05) is 12.0 Å². The highest BCUT2D eigenvalue weighted by Gasteiger charge is 2.19. The van der Waals surface area contributed by atoms with Crippen molar-refractivity contribution in [1.29, 1.82) is 0 Å². The monoisotopic (exact) mass is 179 g/mol. The Morgan fingerprint density at radius 3 is 2.77 bits per heavy atom. The van der Waals surface area contributed by atoms with Gasteiger partial charge >= 0.3 is 0 Å². The zero-order valence-corrected chi connectivity index (χ0v) is 7.53. The fraction of sp³-hybridized carbons (Fsp3) is 0.600. The van der Waals surface area contributed by atoms with Gasteiger partial charge in [0.15, 0.2) is 6.29 Å². The van der Waals surface area contributed by atoms with Crippen molar-refractivity contribution in [2.24, 2.45) is 0 Å². The second kappa shape index (κ2) is 3.73. The van der Waals surface area contributed by atoms with Gasteiger partial charge in [0.25, 0.3) is 0 Å². The van der Waals surface area contributed by atoms with Crippen molar-refractivity contribution >= 4 is 6.29 Å². The van der Waals surface area contributed by atoms with Crippen LogP contribution in [0.5, 0.6) is 0 Å². The van der Waals surface area contributed by atoms with Gasteiger partial charge in [-0.1, -0.05) is 24.4 Å². The minimum absolute atomic E-state index is 0.417. The summed E-state index contributed by atoms with van der Waals surface area (Å²) in [5.41, 5.74) is 0.417. The molecule has 0 spiro atoms. The quantitative estimate of drug-likeness (QED) is 0.655. The minimum atomic E-state index is 0.417. The normalized spacial score (nSPS) is 18.8. The van der Waals surface area contributed by atoms with E-state index in [0.29, 0.717) is 11.6 Å². The van der Waals surface area contributed by atoms with Crippen LogP contribution in [0.25, 0.3) is 0 Å². The van der Waals surface area contributed by atoms with Crippen molar-refractivity contribution in [3.8, 4) is 0 Å². The standard InChI is InChI=1S/C10H13NO2/c12-7-9-6-10(13-11-9)8-4-2-1-3-5-8/h6-8H,1-5H2. The number of aromatic nitrogens is 1. The third-order valence-electron chi connectivity index (χ3n) is 2.67. The molecule has 0 atom stereocenters. The number of nitrogens with zero attached hydrogens (tertiary/aromatic N) is 1. The first-order valence-electron chi connectivity index (χ1n) is 4.82. The number of rotatable bonds is 2. The fourth-order valence-electron chi connectivity index (χ4n) is 1.94. The summed E-state index contributed by atoms with van der Waals surface area (Å²) >= 11 is 0. The van der Waals surface area contributed by atoms with Gasteiger partial charge in [-0.05, 0) is 12.8 Å². The molecule has 0 N–H and O–H groups in total. The molecular weight excluding hydrogens is 166 g/mol. The summed E-state index contributed by atoms with van der Waals surface area (Å²) in [6.07, 6.45) is 6.94. The predicted molar refractivity (Wildman–Crippen MR) is 47.7 cm³/mol. The third kappa shape index (κ3) is 1.79. The average molecular weight is 179 g/mol. The highest BCUT2D eigenvalue weighted by atomic mass is 16.5. The van der Waals surface area contributed by atoms with Crippen LogP contribution in [-0.4, -0.2) is 11.4 Å². The van der Waals surface area contributed by atoms with Gasteiger partial charge < -0.3 is 4.52 Å². The van der Waals surface area contributed by atoms with E-state index in [1.165, 1.54) is 32.1 Å². The van der Waals surface area contributed by atoms with Crippen LogP contribution in [0.3, 0.4) is 0 Å². The van der Waals surface area contributed by atoms with Crippen molar-refractivity contribution in [2.45, 2.75) is 38.0 Å². The predicted octanol–water partition coefficient (Wildman–Crippen LogP) is 2.53. The van der Waals surface area contributed by atoms with E-state index in [4.69, 9.17) is 4.52 Å². The van der Waals surface area contributed by atoms with Crippen LogP contribution >= 0.6 is 0 Å². The molecule has 1 aromatic heterocycles. The lowest BCUT2D eigenvalue weighted by Gasteiger charge is -2.18. The summed E-state index contributed by atoms with van der Waals surface area (Å²) in [6.45, 7) is 0. The maximum atomic E-state index is 10.4. The maximum absolute atomic E-state index is 10.4. The van der Waals surface area contributed by atoms with Gasteiger partial charge in [0.05, 0.1) is 0 Å². The van der Waals surface area contributed by atoms with Crippen LogP contribution in [0.4, 0.5) is 0 Å². The Balaban J connectivity index is 2.09. The Morgan fingerprint density at radius 1 is 1.38 bits per heavy atom. The summed E-state index contributed by atoms with van der Waals surface area (Å²) < 4.78 is 5.11. The number of hydrogen-bond donors (Lipinski definition) is 0. The molecule has 0 radical (unpaired) electrons. The van der Waals surface area contributed by atoms with Crippen LogP contribution < -0.4 is 0 Å². The summed E-state index contributed by atoms with van der Waals surface area (Å²) in [6, 6.07) is 1.77. The van der Waals surface area contributed by atoms with Crippen LogP contribution in [0.2, 0.25) is 0 Å². The molecule has 0 saturated heterocycles. The van der Waals surface area contributed by atoms with E-state index in [2.05, 4.69) is 5.16 Å².